The average molecular weight is 286 g/mol. The van der Waals surface area contributed by atoms with Crippen LogP contribution >= 0.6 is 12.2 Å². The van der Waals surface area contributed by atoms with E-state index in [1.165, 1.54) is 0 Å². The Morgan fingerprint density at radius 2 is 1.89 bits per heavy atom. The first-order valence-electron chi connectivity index (χ1n) is 6.91. The fraction of sp³-hybridized carbons (Fsp3) is 0.846. The first-order valence-corrected chi connectivity index (χ1v) is 7.31. The van der Waals surface area contributed by atoms with Gasteiger partial charge < -0.3 is 15.5 Å². The Morgan fingerprint density at radius 3 is 2.32 bits per heavy atom. The zero-order valence-electron chi connectivity index (χ0n) is 12.3. The number of piperazine rings is 1. The maximum Gasteiger partial charge on any atom is 0.232 e. The second-order valence-corrected chi connectivity index (χ2v) is 5.80. The van der Waals surface area contributed by atoms with Crippen LogP contribution in [-0.2, 0) is 4.79 Å². The topological polar surface area (TPSA) is 52.8 Å². The molecule has 5 nitrogen and oxygen atoms in total. The molecule has 1 aliphatic heterocycles. The molecular formula is C13H26N4OS. The van der Waals surface area contributed by atoms with Gasteiger partial charge in [0.1, 0.15) is 0 Å². The average Bonchev–Trinajstić information content (AvgIpc) is 2.37. The molecule has 0 aromatic carbocycles. The minimum Gasteiger partial charge on any atom is -0.393 e. The van der Waals surface area contributed by atoms with Crippen LogP contribution in [0.1, 0.15) is 13.3 Å². The van der Waals surface area contributed by atoms with Crippen molar-refractivity contribution in [3.8, 4) is 0 Å². The fourth-order valence-electron chi connectivity index (χ4n) is 2.25. The van der Waals surface area contributed by atoms with Crippen molar-refractivity contribution >= 4 is 23.1 Å². The van der Waals surface area contributed by atoms with E-state index in [-0.39, 0.29) is 11.8 Å². The lowest BCUT2D eigenvalue weighted by Crippen LogP contribution is -2.52. The van der Waals surface area contributed by atoms with E-state index in [1.54, 1.807) is 0 Å². The summed E-state index contributed by atoms with van der Waals surface area (Å²) in [5.74, 6) is -0.189. The minimum atomic E-state index is -0.289. The summed E-state index contributed by atoms with van der Waals surface area (Å²) in [7, 11) is 4.15. The number of nitrogens with two attached hydrogens (primary N) is 1. The summed E-state index contributed by atoms with van der Waals surface area (Å²) in [4.78, 5) is 19.1. The van der Waals surface area contributed by atoms with E-state index in [1.807, 2.05) is 11.8 Å². The molecule has 19 heavy (non-hydrogen) atoms. The zero-order chi connectivity index (χ0) is 14.4. The molecular weight excluding hydrogens is 260 g/mol. The quantitative estimate of drug-likeness (QED) is 0.697. The molecule has 2 N–H and O–H groups in total. The maximum atomic E-state index is 12.3. The van der Waals surface area contributed by atoms with Crippen LogP contribution < -0.4 is 5.73 Å². The van der Waals surface area contributed by atoms with Crippen LogP contribution in [0.15, 0.2) is 0 Å². The molecule has 1 heterocycles. The number of nitrogens with zero attached hydrogens (tertiary/aromatic N) is 3. The predicted molar refractivity (Wildman–Crippen MR) is 82.1 cm³/mol. The number of likely N-dealkylation sites (N-methyl/N-ethyl adjacent to an activating group) is 1. The van der Waals surface area contributed by atoms with Crippen LogP contribution in [0.4, 0.5) is 0 Å². The van der Waals surface area contributed by atoms with Gasteiger partial charge in [-0.05, 0) is 20.5 Å². The van der Waals surface area contributed by atoms with Gasteiger partial charge in [0, 0.05) is 39.3 Å². The van der Waals surface area contributed by atoms with Crippen LogP contribution in [-0.4, -0.2) is 79.0 Å². The zero-order valence-corrected chi connectivity index (χ0v) is 13.1. The summed E-state index contributed by atoms with van der Waals surface area (Å²) in [5.41, 5.74) is 5.63. The fourth-order valence-corrected chi connectivity index (χ4v) is 2.52. The summed E-state index contributed by atoms with van der Waals surface area (Å²) < 4.78 is 0. The molecule has 0 bridgehead atoms. The Labute approximate surface area is 121 Å². The summed E-state index contributed by atoms with van der Waals surface area (Å²) in [6.45, 7) is 7.51. The third kappa shape index (κ3) is 5.04. The highest BCUT2D eigenvalue weighted by Crippen LogP contribution is 2.11. The van der Waals surface area contributed by atoms with Crippen LogP contribution in [0.2, 0.25) is 0 Å². The third-order valence-electron chi connectivity index (χ3n) is 3.60. The van der Waals surface area contributed by atoms with Gasteiger partial charge in [-0.15, -0.1) is 0 Å². The molecule has 0 aliphatic carbocycles. The summed E-state index contributed by atoms with van der Waals surface area (Å²) in [5, 5.41) is 0. The first-order chi connectivity index (χ1) is 8.95. The molecule has 1 aliphatic rings. The highest BCUT2D eigenvalue weighted by molar-refractivity contribution is 7.80. The summed E-state index contributed by atoms with van der Waals surface area (Å²) >= 11 is 4.97. The Balaban J connectivity index is 2.40. The van der Waals surface area contributed by atoms with Gasteiger partial charge in [0.15, 0.2) is 0 Å². The number of carbonyl (C=O) groups excluding carboxylic acids is 1. The Bertz CT molecular complexity index is 314. The molecule has 0 saturated carbocycles. The number of thiocarbonyl (C=S) groups is 1. The van der Waals surface area contributed by atoms with E-state index >= 15 is 0 Å². The van der Waals surface area contributed by atoms with Gasteiger partial charge in [-0.2, -0.15) is 0 Å². The lowest BCUT2D eigenvalue weighted by atomic mass is 10.0. The molecule has 1 saturated heterocycles. The van der Waals surface area contributed by atoms with Gasteiger partial charge in [0.25, 0.3) is 0 Å². The Hall–Kier alpha value is -0.720. The number of hydrogen-bond acceptors (Lipinski definition) is 4. The molecule has 1 unspecified atom stereocenters. The lowest BCUT2D eigenvalue weighted by Gasteiger charge is -2.36. The first kappa shape index (κ1) is 16.3. The smallest absolute Gasteiger partial charge is 0.232 e. The highest BCUT2D eigenvalue weighted by atomic mass is 32.1. The van der Waals surface area contributed by atoms with E-state index in [4.69, 9.17) is 18.0 Å². The summed E-state index contributed by atoms with van der Waals surface area (Å²) in [6.07, 6.45) is 0.689. The molecule has 1 fully saturated rings. The lowest BCUT2D eigenvalue weighted by molar-refractivity contribution is -0.135. The van der Waals surface area contributed by atoms with Crippen molar-refractivity contribution < 1.29 is 4.79 Å². The van der Waals surface area contributed by atoms with Crippen molar-refractivity contribution in [3.63, 3.8) is 0 Å². The molecule has 0 spiro atoms. The van der Waals surface area contributed by atoms with Gasteiger partial charge in [-0.1, -0.05) is 19.1 Å². The van der Waals surface area contributed by atoms with Gasteiger partial charge in [0.05, 0.1) is 10.9 Å². The van der Waals surface area contributed by atoms with Gasteiger partial charge in [-0.25, -0.2) is 0 Å². The van der Waals surface area contributed by atoms with Crippen LogP contribution in [0.5, 0.6) is 0 Å². The van der Waals surface area contributed by atoms with E-state index in [0.717, 1.165) is 39.3 Å². The van der Waals surface area contributed by atoms with E-state index in [2.05, 4.69) is 23.9 Å². The van der Waals surface area contributed by atoms with Crippen molar-refractivity contribution in [3.05, 3.63) is 0 Å². The Morgan fingerprint density at radius 1 is 1.32 bits per heavy atom. The van der Waals surface area contributed by atoms with Crippen LogP contribution in [0, 0.1) is 5.92 Å². The largest absolute Gasteiger partial charge is 0.393 e. The number of carbonyl (C=O) groups is 1. The van der Waals surface area contributed by atoms with Gasteiger partial charge in [-0.3, -0.25) is 9.69 Å². The minimum absolute atomic E-state index is 0.0993. The summed E-state index contributed by atoms with van der Waals surface area (Å²) in [6, 6.07) is 0. The second-order valence-electron chi connectivity index (χ2n) is 5.33. The monoisotopic (exact) mass is 286 g/mol. The van der Waals surface area contributed by atoms with Crippen molar-refractivity contribution in [1.29, 1.82) is 0 Å². The molecule has 0 aromatic heterocycles. The van der Waals surface area contributed by atoms with Crippen molar-refractivity contribution in [2.24, 2.45) is 11.7 Å². The molecule has 6 heteroatoms. The maximum absolute atomic E-state index is 12.3. The van der Waals surface area contributed by atoms with E-state index < -0.39 is 0 Å². The normalized spacial score (nSPS) is 18.6. The van der Waals surface area contributed by atoms with Gasteiger partial charge >= 0.3 is 0 Å². The molecule has 1 amide bonds. The molecule has 0 radical (unpaired) electrons. The Kier molecular flexibility index (Phi) is 6.68. The second kappa shape index (κ2) is 7.77. The third-order valence-corrected chi connectivity index (χ3v) is 3.88. The number of amides is 1. The van der Waals surface area contributed by atoms with E-state index in [0.29, 0.717) is 11.4 Å². The van der Waals surface area contributed by atoms with Gasteiger partial charge in [0.2, 0.25) is 5.91 Å². The molecule has 110 valence electrons. The van der Waals surface area contributed by atoms with Crippen molar-refractivity contribution in [1.82, 2.24) is 14.7 Å². The number of rotatable bonds is 6. The van der Waals surface area contributed by atoms with Crippen molar-refractivity contribution in [2.45, 2.75) is 13.3 Å². The highest BCUT2D eigenvalue weighted by Gasteiger charge is 2.27. The standard InChI is InChI=1S/C13H26N4OS/c1-4-11(12(14)19)13(18)17-9-7-16(8-10-17)6-5-15(2)3/h11H,4-10H2,1-3H3,(H2,14,19). The van der Waals surface area contributed by atoms with E-state index in [9.17, 15) is 4.79 Å². The predicted octanol–water partition coefficient (Wildman–Crippen LogP) is 0.00450. The van der Waals surface area contributed by atoms with Crippen LogP contribution in [0.25, 0.3) is 0 Å². The SMILES string of the molecule is CCC(C(=O)N1CCN(CCN(C)C)CC1)C(N)=S. The molecule has 0 aromatic rings. The van der Waals surface area contributed by atoms with Crippen molar-refractivity contribution in [2.75, 3.05) is 53.4 Å². The molecule has 1 atom stereocenters. The number of hydrogen-bond donors (Lipinski definition) is 1. The van der Waals surface area contributed by atoms with Crippen LogP contribution in [0.3, 0.4) is 0 Å². The molecule has 1 rings (SSSR count).